The van der Waals surface area contributed by atoms with Crippen LogP contribution >= 0.6 is 0 Å². The number of rotatable bonds is 5. The number of aromatic nitrogens is 2. The Labute approximate surface area is 116 Å². The summed E-state index contributed by atoms with van der Waals surface area (Å²) in [4.78, 5) is 19.2. The van der Waals surface area contributed by atoms with E-state index in [9.17, 15) is 4.79 Å². The zero-order valence-electron chi connectivity index (χ0n) is 11.2. The van der Waals surface area contributed by atoms with Gasteiger partial charge in [-0.25, -0.2) is 4.79 Å². The van der Waals surface area contributed by atoms with Crippen molar-refractivity contribution in [3.05, 3.63) is 47.5 Å². The third kappa shape index (κ3) is 3.23. The molecule has 0 spiro atoms. The van der Waals surface area contributed by atoms with Gasteiger partial charge in [-0.15, -0.1) is 0 Å². The monoisotopic (exact) mass is 274 g/mol. The maximum Gasteiger partial charge on any atom is 0.335 e. The van der Waals surface area contributed by atoms with Crippen LogP contribution in [-0.2, 0) is 6.61 Å². The Morgan fingerprint density at radius 1 is 1.25 bits per heavy atom. The molecule has 0 atom stereocenters. The molecule has 0 aliphatic heterocycles. The van der Waals surface area contributed by atoms with Crippen molar-refractivity contribution in [1.82, 2.24) is 9.97 Å². The van der Waals surface area contributed by atoms with Gasteiger partial charge >= 0.3 is 5.97 Å². The van der Waals surface area contributed by atoms with Gasteiger partial charge in [-0.2, -0.15) is 0 Å². The first-order valence-corrected chi connectivity index (χ1v) is 5.92. The number of benzene rings is 1. The highest BCUT2D eigenvalue weighted by Gasteiger charge is 2.10. The molecular formula is C14H14N2O4. The van der Waals surface area contributed by atoms with Gasteiger partial charge in [0.05, 0.1) is 30.3 Å². The van der Waals surface area contributed by atoms with E-state index >= 15 is 0 Å². The molecule has 2 aromatic rings. The Hall–Kier alpha value is -2.63. The largest absolute Gasteiger partial charge is 0.493 e. The fourth-order valence-electron chi connectivity index (χ4n) is 1.57. The van der Waals surface area contributed by atoms with E-state index in [0.29, 0.717) is 17.2 Å². The van der Waals surface area contributed by atoms with Gasteiger partial charge in [0.15, 0.2) is 11.5 Å². The molecule has 0 saturated heterocycles. The molecule has 0 bridgehead atoms. The Kier molecular flexibility index (Phi) is 4.14. The van der Waals surface area contributed by atoms with Gasteiger partial charge in [-0.1, -0.05) is 0 Å². The summed E-state index contributed by atoms with van der Waals surface area (Å²) in [5.74, 6) is -0.197. The second-order valence-electron chi connectivity index (χ2n) is 4.11. The fraction of sp³-hybridized carbons (Fsp3) is 0.214. The van der Waals surface area contributed by atoms with Crippen molar-refractivity contribution in [1.29, 1.82) is 0 Å². The highest BCUT2D eigenvalue weighted by molar-refractivity contribution is 5.88. The van der Waals surface area contributed by atoms with Crippen LogP contribution in [0.5, 0.6) is 11.5 Å². The van der Waals surface area contributed by atoms with Crippen LogP contribution in [0.15, 0.2) is 30.6 Å². The van der Waals surface area contributed by atoms with Gasteiger partial charge in [0.1, 0.15) is 6.61 Å². The van der Waals surface area contributed by atoms with Crippen molar-refractivity contribution < 1.29 is 19.4 Å². The van der Waals surface area contributed by atoms with E-state index < -0.39 is 5.97 Å². The standard InChI is InChI=1S/C14H14N2O4/c1-9-6-16-11(7-15-9)8-20-13-5-10(14(17)18)3-4-12(13)19-2/h3-7H,8H2,1-2H3,(H,17,18). The second kappa shape index (κ2) is 6.01. The van der Waals surface area contributed by atoms with Crippen LogP contribution < -0.4 is 9.47 Å². The Bertz CT molecular complexity index is 611. The van der Waals surface area contributed by atoms with Crippen molar-refractivity contribution >= 4 is 5.97 Å². The molecule has 0 saturated carbocycles. The van der Waals surface area contributed by atoms with Crippen LogP contribution in [0.3, 0.4) is 0 Å². The Balaban J connectivity index is 2.16. The molecule has 2 rings (SSSR count). The quantitative estimate of drug-likeness (QED) is 0.898. The van der Waals surface area contributed by atoms with E-state index in [-0.39, 0.29) is 12.2 Å². The summed E-state index contributed by atoms with van der Waals surface area (Å²) >= 11 is 0. The molecule has 0 fully saturated rings. The zero-order valence-corrected chi connectivity index (χ0v) is 11.2. The van der Waals surface area contributed by atoms with Crippen LogP contribution in [0.1, 0.15) is 21.7 Å². The molecule has 6 nitrogen and oxygen atoms in total. The van der Waals surface area contributed by atoms with E-state index in [2.05, 4.69) is 9.97 Å². The molecule has 0 radical (unpaired) electrons. The molecular weight excluding hydrogens is 260 g/mol. The number of aryl methyl sites for hydroxylation is 1. The lowest BCUT2D eigenvalue weighted by molar-refractivity contribution is 0.0696. The topological polar surface area (TPSA) is 81.5 Å². The summed E-state index contributed by atoms with van der Waals surface area (Å²) in [7, 11) is 1.49. The van der Waals surface area contributed by atoms with Gasteiger partial charge in [-0.3, -0.25) is 9.97 Å². The van der Waals surface area contributed by atoms with Crippen molar-refractivity contribution in [2.75, 3.05) is 7.11 Å². The fourth-order valence-corrected chi connectivity index (χ4v) is 1.57. The van der Waals surface area contributed by atoms with E-state index in [4.69, 9.17) is 14.6 Å². The molecule has 6 heteroatoms. The van der Waals surface area contributed by atoms with E-state index in [0.717, 1.165) is 5.69 Å². The SMILES string of the molecule is COc1ccc(C(=O)O)cc1OCc1cnc(C)cn1. The normalized spacial score (nSPS) is 10.1. The van der Waals surface area contributed by atoms with Crippen LogP contribution in [0, 0.1) is 6.92 Å². The first kappa shape index (κ1) is 13.8. The minimum atomic E-state index is -1.02. The summed E-state index contributed by atoms with van der Waals surface area (Å²) < 4.78 is 10.7. The molecule has 1 aromatic heterocycles. The predicted octanol–water partition coefficient (Wildman–Crippen LogP) is 2.07. The predicted molar refractivity (Wildman–Crippen MR) is 71.1 cm³/mol. The number of aromatic carboxylic acids is 1. The highest BCUT2D eigenvalue weighted by Crippen LogP contribution is 2.28. The Morgan fingerprint density at radius 3 is 2.65 bits per heavy atom. The van der Waals surface area contributed by atoms with Gasteiger partial charge < -0.3 is 14.6 Å². The summed E-state index contributed by atoms with van der Waals surface area (Å²) in [6, 6.07) is 4.43. The highest BCUT2D eigenvalue weighted by atomic mass is 16.5. The minimum Gasteiger partial charge on any atom is -0.493 e. The van der Waals surface area contributed by atoms with Crippen molar-refractivity contribution in [3.63, 3.8) is 0 Å². The van der Waals surface area contributed by atoms with E-state index in [1.54, 1.807) is 18.5 Å². The summed E-state index contributed by atoms with van der Waals surface area (Å²) in [6.07, 6.45) is 3.26. The summed E-state index contributed by atoms with van der Waals surface area (Å²) in [6.45, 7) is 2.03. The lowest BCUT2D eigenvalue weighted by Crippen LogP contribution is -2.03. The molecule has 20 heavy (non-hydrogen) atoms. The Morgan fingerprint density at radius 2 is 2.05 bits per heavy atom. The number of hydrogen-bond donors (Lipinski definition) is 1. The van der Waals surface area contributed by atoms with Crippen molar-refractivity contribution in [2.45, 2.75) is 13.5 Å². The molecule has 0 aliphatic carbocycles. The van der Waals surface area contributed by atoms with E-state index in [1.807, 2.05) is 6.92 Å². The first-order chi connectivity index (χ1) is 9.60. The maximum absolute atomic E-state index is 10.9. The van der Waals surface area contributed by atoms with E-state index in [1.165, 1.54) is 19.2 Å². The number of hydrogen-bond acceptors (Lipinski definition) is 5. The molecule has 0 unspecified atom stereocenters. The molecule has 104 valence electrons. The molecule has 1 N–H and O–H groups in total. The number of carboxylic acid groups (broad SMARTS) is 1. The smallest absolute Gasteiger partial charge is 0.335 e. The van der Waals surface area contributed by atoms with Gasteiger partial charge in [0, 0.05) is 6.20 Å². The van der Waals surface area contributed by atoms with Crippen LogP contribution in [-0.4, -0.2) is 28.2 Å². The number of ether oxygens (including phenoxy) is 2. The van der Waals surface area contributed by atoms with Crippen molar-refractivity contribution in [3.8, 4) is 11.5 Å². The summed E-state index contributed by atoms with van der Waals surface area (Å²) in [5.41, 5.74) is 1.60. The maximum atomic E-state index is 10.9. The average Bonchev–Trinajstić information content (AvgIpc) is 2.46. The third-order valence-corrected chi connectivity index (χ3v) is 2.62. The molecule has 0 aliphatic rings. The number of carboxylic acids is 1. The van der Waals surface area contributed by atoms with Crippen LogP contribution in [0.25, 0.3) is 0 Å². The van der Waals surface area contributed by atoms with Crippen LogP contribution in [0.2, 0.25) is 0 Å². The number of carbonyl (C=O) groups is 1. The average molecular weight is 274 g/mol. The lowest BCUT2D eigenvalue weighted by atomic mass is 10.2. The van der Waals surface area contributed by atoms with Gasteiger partial charge in [-0.05, 0) is 25.1 Å². The molecule has 1 aromatic carbocycles. The lowest BCUT2D eigenvalue weighted by Gasteiger charge is -2.11. The molecule has 1 heterocycles. The first-order valence-electron chi connectivity index (χ1n) is 5.92. The van der Waals surface area contributed by atoms with Crippen LogP contribution in [0.4, 0.5) is 0 Å². The summed E-state index contributed by atoms with van der Waals surface area (Å²) in [5, 5.41) is 8.97. The molecule has 0 amide bonds. The van der Waals surface area contributed by atoms with Gasteiger partial charge in [0.2, 0.25) is 0 Å². The van der Waals surface area contributed by atoms with Gasteiger partial charge in [0.25, 0.3) is 0 Å². The second-order valence-corrected chi connectivity index (χ2v) is 4.11. The third-order valence-electron chi connectivity index (χ3n) is 2.62. The van der Waals surface area contributed by atoms with Crippen molar-refractivity contribution in [2.24, 2.45) is 0 Å². The number of nitrogens with zero attached hydrogens (tertiary/aromatic N) is 2. The zero-order chi connectivity index (χ0) is 14.5. The number of methoxy groups -OCH3 is 1. The minimum absolute atomic E-state index is 0.135.